The lowest BCUT2D eigenvalue weighted by molar-refractivity contribution is -0.135. The first kappa shape index (κ1) is 16.3. The Morgan fingerprint density at radius 1 is 1.28 bits per heavy atom. The first-order chi connectivity index (χ1) is 12.1. The number of carbonyl (C=O) groups excluding carboxylic acids is 3. The first-order valence-corrected chi connectivity index (χ1v) is 9.86. The van der Waals surface area contributed by atoms with E-state index in [0.29, 0.717) is 13.0 Å². The monoisotopic (exact) mass is 375 g/mol. The lowest BCUT2D eigenvalue weighted by Gasteiger charge is -2.31. The van der Waals surface area contributed by atoms with Gasteiger partial charge in [-0.25, -0.2) is 4.79 Å². The third kappa shape index (κ3) is 2.75. The molecule has 25 heavy (non-hydrogen) atoms. The molecule has 4 amide bonds. The van der Waals surface area contributed by atoms with Gasteiger partial charge >= 0.3 is 6.03 Å². The van der Waals surface area contributed by atoms with E-state index in [1.54, 1.807) is 22.7 Å². The third-order valence-electron chi connectivity index (χ3n) is 4.68. The molecule has 1 atom stereocenters. The van der Waals surface area contributed by atoms with E-state index in [0.717, 1.165) is 33.1 Å². The Morgan fingerprint density at radius 2 is 2.16 bits per heavy atom. The molecule has 1 saturated heterocycles. The predicted molar refractivity (Wildman–Crippen MR) is 95.3 cm³/mol. The molecule has 2 aromatic heterocycles. The molecule has 2 aromatic rings. The summed E-state index contributed by atoms with van der Waals surface area (Å²) in [5.74, 6) is -0.654. The van der Waals surface area contributed by atoms with Crippen LogP contribution < -0.4 is 10.6 Å². The molecule has 130 valence electrons. The number of nitrogens with one attached hydrogen (secondary N) is 2. The van der Waals surface area contributed by atoms with Crippen LogP contribution in [0.4, 0.5) is 4.79 Å². The molecule has 3 heterocycles. The minimum absolute atomic E-state index is 0.253. The van der Waals surface area contributed by atoms with Gasteiger partial charge in [-0.05, 0) is 42.2 Å². The number of urea groups is 1. The first-order valence-electron chi connectivity index (χ1n) is 8.10. The van der Waals surface area contributed by atoms with Crippen molar-refractivity contribution >= 4 is 40.5 Å². The number of rotatable bonds is 4. The molecular weight excluding hydrogens is 358 g/mol. The maximum atomic E-state index is 13.0. The minimum Gasteiger partial charge on any atom is -0.350 e. The van der Waals surface area contributed by atoms with E-state index >= 15 is 0 Å². The fourth-order valence-electron chi connectivity index (χ4n) is 3.48. The number of nitrogens with zero attached hydrogens (tertiary/aromatic N) is 1. The maximum absolute atomic E-state index is 13.0. The molecule has 0 saturated carbocycles. The second kappa shape index (κ2) is 6.27. The summed E-state index contributed by atoms with van der Waals surface area (Å²) in [6.07, 6.45) is 2.35. The molecule has 1 aliphatic carbocycles. The van der Waals surface area contributed by atoms with Crippen LogP contribution >= 0.6 is 22.7 Å². The molecule has 0 bridgehead atoms. The lowest BCUT2D eigenvalue weighted by atomic mass is 9.80. The summed E-state index contributed by atoms with van der Waals surface area (Å²) in [7, 11) is 0. The number of aryl methyl sites for hydroxylation is 1. The van der Waals surface area contributed by atoms with Gasteiger partial charge < -0.3 is 10.6 Å². The summed E-state index contributed by atoms with van der Waals surface area (Å²) >= 11 is 3.16. The zero-order chi connectivity index (χ0) is 17.4. The number of hydrogen-bond acceptors (Lipinski definition) is 5. The van der Waals surface area contributed by atoms with Crippen LogP contribution in [-0.2, 0) is 28.1 Å². The summed E-state index contributed by atoms with van der Waals surface area (Å²) < 4.78 is 0. The number of amides is 4. The number of hydrogen-bond donors (Lipinski definition) is 2. The van der Waals surface area contributed by atoms with Crippen molar-refractivity contribution in [1.29, 1.82) is 0 Å². The van der Waals surface area contributed by atoms with Crippen LogP contribution in [0.2, 0.25) is 0 Å². The highest BCUT2D eigenvalue weighted by Gasteiger charge is 2.54. The largest absolute Gasteiger partial charge is 0.350 e. The second-order valence-electron chi connectivity index (χ2n) is 6.19. The molecule has 6 nitrogen and oxygen atoms in total. The smallest absolute Gasteiger partial charge is 0.325 e. The molecule has 1 aliphatic heterocycles. The average molecular weight is 375 g/mol. The lowest BCUT2D eigenvalue weighted by Crippen LogP contribution is -2.46. The second-order valence-corrected chi connectivity index (χ2v) is 8.23. The highest BCUT2D eigenvalue weighted by atomic mass is 32.1. The average Bonchev–Trinajstić information content (AvgIpc) is 3.32. The number of fused-ring (bicyclic) bond motifs is 2. The van der Waals surface area contributed by atoms with Crippen molar-refractivity contribution in [2.45, 2.75) is 31.3 Å². The number of carbonyl (C=O) groups is 3. The van der Waals surface area contributed by atoms with E-state index in [4.69, 9.17) is 0 Å². The Bertz CT molecular complexity index is 830. The minimum atomic E-state index is -0.987. The van der Waals surface area contributed by atoms with E-state index in [2.05, 4.69) is 10.6 Å². The Labute approximate surface area is 152 Å². The van der Waals surface area contributed by atoms with Crippen molar-refractivity contribution in [2.75, 3.05) is 6.54 Å². The quantitative estimate of drug-likeness (QED) is 0.804. The zero-order valence-electron chi connectivity index (χ0n) is 13.4. The van der Waals surface area contributed by atoms with Crippen molar-refractivity contribution in [2.24, 2.45) is 0 Å². The summed E-state index contributed by atoms with van der Waals surface area (Å²) in [4.78, 5) is 40.7. The van der Waals surface area contributed by atoms with Crippen molar-refractivity contribution in [1.82, 2.24) is 15.5 Å². The Hall–Kier alpha value is -2.19. The standard InChI is InChI=1S/C17H17N3O3S2/c21-14(18-9-11-3-2-7-24-11)10-20-15(22)17(19-16(20)23)6-1-4-13-12(17)5-8-25-13/h2-3,5,7-8H,1,4,6,9-10H2,(H,18,21)(H,19,23)/t17-/m0/s1. The molecule has 2 aliphatic rings. The van der Waals surface area contributed by atoms with Gasteiger partial charge in [0.25, 0.3) is 5.91 Å². The summed E-state index contributed by atoms with van der Waals surface area (Å²) in [6, 6.07) is 5.26. The summed E-state index contributed by atoms with van der Waals surface area (Å²) in [6.45, 7) is 0.150. The van der Waals surface area contributed by atoms with Gasteiger partial charge in [-0.15, -0.1) is 22.7 Å². The Morgan fingerprint density at radius 3 is 2.96 bits per heavy atom. The van der Waals surface area contributed by atoms with Crippen molar-refractivity contribution < 1.29 is 14.4 Å². The number of thiophene rings is 2. The Kier molecular flexibility index (Phi) is 4.09. The zero-order valence-corrected chi connectivity index (χ0v) is 15.0. The van der Waals surface area contributed by atoms with Crippen LogP contribution in [0.3, 0.4) is 0 Å². The van der Waals surface area contributed by atoms with E-state index in [1.165, 1.54) is 0 Å². The van der Waals surface area contributed by atoms with Gasteiger partial charge in [-0.1, -0.05) is 6.07 Å². The molecule has 0 radical (unpaired) electrons. The van der Waals surface area contributed by atoms with Gasteiger partial charge in [0, 0.05) is 15.3 Å². The van der Waals surface area contributed by atoms with Crippen LogP contribution in [0.25, 0.3) is 0 Å². The van der Waals surface area contributed by atoms with E-state index in [9.17, 15) is 14.4 Å². The van der Waals surface area contributed by atoms with Gasteiger partial charge in [0.05, 0.1) is 6.54 Å². The maximum Gasteiger partial charge on any atom is 0.325 e. The van der Waals surface area contributed by atoms with Crippen LogP contribution in [0.1, 0.15) is 28.2 Å². The Balaban J connectivity index is 1.48. The molecule has 1 fully saturated rings. The van der Waals surface area contributed by atoms with Crippen molar-refractivity contribution in [3.8, 4) is 0 Å². The van der Waals surface area contributed by atoms with Crippen molar-refractivity contribution in [3.05, 3.63) is 44.3 Å². The summed E-state index contributed by atoms with van der Waals surface area (Å²) in [5.41, 5.74) is -0.0952. The fraction of sp³-hybridized carbons (Fsp3) is 0.353. The van der Waals surface area contributed by atoms with E-state index < -0.39 is 11.6 Å². The SMILES string of the molecule is O=C(CN1C(=O)N[C@]2(CCCc3sccc32)C1=O)NCc1cccs1. The molecule has 4 rings (SSSR count). The molecule has 1 spiro atoms. The van der Waals surface area contributed by atoms with Crippen molar-refractivity contribution in [3.63, 3.8) is 0 Å². The highest BCUT2D eigenvalue weighted by molar-refractivity contribution is 7.10. The number of imide groups is 1. The van der Waals surface area contributed by atoms with Crippen LogP contribution in [0, 0.1) is 0 Å². The normalized spacial score (nSPS) is 22.2. The molecule has 8 heteroatoms. The van der Waals surface area contributed by atoms with Gasteiger partial charge in [0.2, 0.25) is 5.91 Å². The summed E-state index contributed by atoms with van der Waals surface area (Å²) in [5, 5.41) is 9.50. The topological polar surface area (TPSA) is 78.5 Å². The fourth-order valence-corrected chi connectivity index (χ4v) is 5.13. The van der Waals surface area contributed by atoms with E-state index in [-0.39, 0.29) is 18.4 Å². The molecule has 0 aromatic carbocycles. The molecule has 0 unspecified atom stereocenters. The van der Waals surface area contributed by atoms with Gasteiger partial charge in [-0.2, -0.15) is 0 Å². The highest BCUT2D eigenvalue weighted by Crippen LogP contribution is 2.41. The van der Waals surface area contributed by atoms with Crippen LogP contribution in [-0.4, -0.2) is 29.3 Å². The van der Waals surface area contributed by atoms with Gasteiger partial charge in [0.1, 0.15) is 12.1 Å². The van der Waals surface area contributed by atoms with Crippen LogP contribution in [0.15, 0.2) is 29.0 Å². The third-order valence-corrected chi connectivity index (χ3v) is 6.54. The molecular formula is C17H17N3O3S2. The predicted octanol–water partition coefficient (Wildman–Crippen LogP) is 2.21. The van der Waals surface area contributed by atoms with Gasteiger partial charge in [-0.3, -0.25) is 14.5 Å². The molecule has 2 N–H and O–H groups in total. The van der Waals surface area contributed by atoms with Crippen LogP contribution in [0.5, 0.6) is 0 Å². The van der Waals surface area contributed by atoms with E-state index in [1.807, 2.05) is 29.0 Å². The van der Waals surface area contributed by atoms with Gasteiger partial charge in [0.15, 0.2) is 0 Å².